The number of carbonyl (C=O) groups is 1. The van der Waals surface area contributed by atoms with Crippen molar-refractivity contribution >= 4 is 28.5 Å². The lowest BCUT2D eigenvalue weighted by Crippen LogP contribution is -2.07. The number of carbonyl (C=O) groups excluding carboxylic acids is 1. The minimum atomic E-state index is -0.941. The summed E-state index contributed by atoms with van der Waals surface area (Å²) in [5, 5.41) is 4.67. The Morgan fingerprint density at radius 3 is 2.62 bits per heavy atom. The van der Waals surface area contributed by atoms with Gasteiger partial charge in [0, 0.05) is 17.0 Å². The molecule has 1 heterocycles. The number of halogens is 2. The molecule has 1 aromatic heterocycles. The molecule has 4 nitrogen and oxygen atoms in total. The van der Waals surface area contributed by atoms with E-state index in [2.05, 4.69) is 10.3 Å². The van der Waals surface area contributed by atoms with Gasteiger partial charge >= 0.3 is 0 Å². The van der Waals surface area contributed by atoms with Gasteiger partial charge in [-0.05, 0) is 42.0 Å². The molecule has 0 aliphatic rings. The molecule has 7 heteroatoms. The van der Waals surface area contributed by atoms with E-state index < -0.39 is 11.6 Å². The molecule has 132 valence electrons. The van der Waals surface area contributed by atoms with Crippen molar-refractivity contribution in [2.75, 3.05) is 12.4 Å². The van der Waals surface area contributed by atoms with E-state index in [1.807, 2.05) is 12.1 Å². The van der Waals surface area contributed by atoms with E-state index in [0.717, 1.165) is 23.4 Å². The molecule has 0 saturated carbocycles. The van der Waals surface area contributed by atoms with Crippen LogP contribution in [0.5, 0.6) is 5.75 Å². The van der Waals surface area contributed by atoms with Gasteiger partial charge in [0.2, 0.25) is 5.91 Å². The Morgan fingerprint density at radius 2 is 1.92 bits per heavy atom. The third-order valence-corrected chi connectivity index (χ3v) is 4.25. The van der Waals surface area contributed by atoms with Gasteiger partial charge in [0.25, 0.3) is 0 Å². The van der Waals surface area contributed by atoms with Crippen LogP contribution in [-0.2, 0) is 4.79 Å². The van der Waals surface area contributed by atoms with Crippen molar-refractivity contribution in [3.8, 4) is 17.0 Å². The molecule has 0 spiro atoms. The number of amides is 1. The monoisotopic (exact) mass is 372 g/mol. The van der Waals surface area contributed by atoms with Crippen LogP contribution in [0.1, 0.15) is 5.56 Å². The lowest BCUT2D eigenvalue weighted by atomic mass is 10.2. The Labute approximate surface area is 152 Å². The molecule has 1 amide bonds. The molecule has 0 radical (unpaired) electrons. The van der Waals surface area contributed by atoms with Crippen LogP contribution in [-0.4, -0.2) is 18.0 Å². The van der Waals surface area contributed by atoms with Crippen LogP contribution in [0.25, 0.3) is 17.3 Å². The highest BCUT2D eigenvalue weighted by atomic mass is 32.1. The summed E-state index contributed by atoms with van der Waals surface area (Å²) in [7, 11) is 1.58. The van der Waals surface area contributed by atoms with E-state index >= 15 is 0 Å². The minimum Gasteiger partial charge on any atom is -0.497 e. The Hall–Kier alpha value is -3.06. The zero-order chi connectivity index (χ0) is 18.5. The molecule has 0 bridgehead atoms. The Bertz CT molecular complexity index is 952. The fourth-order valence-electron chi connectivity index (χ4n) is 2.15. The maximum Gasteiger partial charge on any atom is 0.250 e. The summed E-state index contributed by atoms with van der Waals surface area (Å²) < 4.78 is 31.4. The maximum absolute atomic E-state index is 13.3. The third-order valence-electron chi connectivity index (χ3n) is 3.49. The summed E-state index contributed by atoms with van der Waals surface area (Å²) >= 11 is 1.20. The van der Waals surface area contributed by atoms with Crippen LogP contribution in [0.15, 0.2) is 53.9 Å². The largest absolute Gasteiger partial charge is 0.497 e. The smallest absolute Gasteiger partial charge is 0.250 e. The Balaban J connectivity index is 1.65. The lowest BCUT2D eigenvalue weighted by molar-refractivity contribution is -0.111. The lowest BCUT2D eigenvalue weighted by Gasteiger charge is -2.00. The highest BCUT2D eigenvalue weighted by molar-refractivity contribution is 7.14. The molecule has 0 atom stereocenters. The number of benzene rings is 2. The van der Waals surface area contributed by atoms with Crippen LogP contribution in [0.2, 0.25) is 0 Å². The molecular formula is C19H14F2N2O2S. The molecule has 0 saturated heterocycles. The normalized spacial score (nSPS) is 10.9. The maximum atomic E-state index is 13.3. The van der Waals surface area contributed by atoms with Gasteiger partial charge in [-0.15, -0.1) is 11.3 Å². The fourth-order valence-corrected chi connectivity index (χ4v) is 2.88. The van der Waals surface area contributed by atoms with Gasteiger partial charge in [0.1, 0.15) is 5.75 Å². The summed E-state index contributed by atoms with van der Waals surface area (Å²) in [5.74, 6) is -1.46. The number of ether oxygens (including phenoxy) is 1. The molecular weight excluding hydrogens is 358 g/mol. The molecule has 0 fully saturated rings. The minimum absolute atomic E-state index is 0.341. The predicted octanol–water partition coefficient (Wildman–Crippen LogP) is 4.75. The van der Waals surface area contributed by atoms with Gasteiger partial charge in [-0.1, -0.05) is 12.1 Å². The summed E-state index contributed by atoms with van der Waals surface area (Å²) in [6.07, 6.45) is 3.05. The van der Waals surface area contributed by atoms with Crippen molar-refractivity contribution in [1.82, 2.24) is 4.98 Å². The number of hydrogen-bond acceptors (Lipinski definition) is 4. The zero-order valence-electron chi connectivity index (χ0n) is 13.7. The van der Waals surface area contributed by atoms with Crippen LogP contribution in [0.4, 0.5) is 13.9 Å². The average molecular weight is 372 g/mol. The second kappa shape index (κ2) is 7.88. The number of aromatic nitrogens is 1. The number of thiazole rings is 1. The van der Waals surface area contributed by atoms with Gasteiger partial charge < -0.3 is 4.74 Å². The van der Waals surface area contributed by atoms with Gasteiger partial charge in [-0.25, -0.2) is 13.8 Å². The number of hydrogen-bond donors (Lipinski definition) is 1. The highest BCUT2D eigenvalue weighted by Crippen LogP contribution is 2.26. The van der Waals surface area contributed by atoms with E-state index in [1.165, 1.54) is 23.5 Å². The third kappa shape index (κ3) is 4.31. The molecule has 0 aliphatic heterocycles. The Kier molecular flexibility index (Phi) is 5.38. The second-order valence-electron chi connectivity index (χ2n) is 5.26. The number of methoxy groups -OCH3 is 1. The molecule has 0 aliphatic carbocycles. The van der Waals surface area contributed by atoms with Gasteiger partial charge in [-0.3, -0.25) is 10.1 Å². The van der Waals surface area contributed by atoms with Crippen LogP contribution < -0.4 is 10.1 Å². The van der Waals surface area contributed by atoms with E-state index in [9.17, 15) is 13.6 Å². The first-order chi connectivity index (χ1) is 12.5. The van der Waals surface area contributed by atoms with E-state index in [1.54, 1.807) is 30.7 Å². The standard InChI is InChI=1S/C19H14F2N2O2S/c1-25-14-6-2-12(3-7-14)4-9-18(24)23-19-22-17(11-26-19)13-5-8-15(20)16(21)10-13/h2-11H,1H3,(H,22,23,24)/b9-4+. The molecule has 1 N–H and O–H groups in total. The zero-order valence-corrected chi connectivity index (χ0v) is 14.5. The van der Waals surface area contributed by atoms with Gasteiger partial charge in [0.05, 0.1) is 12.8 Å². The average Bonchev–Trinajstić information content (AvgIpc) is 3.11. The van der Waals surface area contributed by atoms with Crippen molar-refractivity contribution in [3.63, 3.8) is 0 Å². The van der Waals surface area contributed by atoms with Crippen molar-refractivity contribution in [2.24, 2.45) is 0 Å². The first kappa shape index (κ1) is 17.8. The fraction of sp³-hybridized carbons (Fsp3) is 0.0526. The molecule has 3 aromatic rings. The molecule has 3 rings (SSSR count). The summed E-state index contributed by atoms with van der Waals surface area (Å²) in [6, 6.07) is 10.8. The number of nitrogens with zero attached hydrogens (tertiary/aromatic N) is 1. The van der Waals surface area contributed by atoms with Crippen molar-refractivity contribution in [3.05, 3.63) is 71.1 Å². The number of rotatable bonds is 5. The first-order valence-electron chi connectivity index (χ1n) is 7.59. The van der Waals surface area contributed by atoms with Crippen LogP contribution >= 0.6 is 11.3 Å². The van der Waals surface area contributed by atoms with Gasteiger partial charge in [0.15, 0.2) is 16.8 Å². The highest BCUT2D eigenvalue weighted by Gasteiger charge is 2.09. The van der Waals surface area contributed by atoms with E-state index in [-0.39, 0.29) is 5.91 Å². The van der Waals surface area contributed by atoms with Crippen LogP contribution in [0, 0.1) is 11.6 Å². The SMILES string of the molecule is COc1ccc(/C=C/C(=O)Nc2nc(-c3ccc(F)c(F)c3)cs2)cc1. The first-order valence-corrected chi connectivity index (χ1v) is 8.47. The summed E-state index contributed by atoms with van der Waals surface area (Å²) in [5.41, 5.74) is 1.75. The number of nitrogens with one attached hydrogen (secondary N) is 1. The van der Waals surface area contributed by atoms with E-state index in [0.29, 0.717) is 16.4 Å². The van der Waals surface area contributed by atoms with Crippen molar-refractivity contribution < 1.29 is 18.3 Å². The molecule has 26 heavy (non-hydrogen) atoms. The van der Waals surface area contributed by atoms with Crippen LogP contribution in [0.3, 0.4) is 0 Å². The predicted molar refractivity (Wildman–Crippen MR) is 98.1 cm³/mol. The molecule has 0 unspecified atom stereocenters. The quantitative estimate of drug-likeness (QED) is 0.658. The molecule has 2 aromatic carbocycles. The van der Waals surface area contributed by atoms with Crippen molar-refractivity contribution in [2.45, 2.75) is 0 Å². The van der Waals surface area contributed by atoms with Gasteiger partial charge in [-0.2, -0.15) is 0 Å². The Morgan fingerprint density at radius 1 is 1.15 bits per heavy atom. The topological polar surface area (TPSA) is 51.2 Å². The van der Waals surface area contributed by atoms with E-state index in [4.69, 9.17) is 4.74 Å². The summed E-state index contributed by atoms with van der Waals surface area (Å²) in [6.45, 7) is 0. The second-order valence-corrected chi connectivity index (χ2v) is 6.12. The van der Waals surface area contributed by atoms with Crippen molar-refractivity contribution in [1.29, 1.82) is 0 Å². The summed E-state index contributed by atoms with van der Waals surface area (Å²) in [4.78, 5) is 16.2. The number of anilines is 1.